The minimum absolute atomic E-state index is 0.101. The van der Waals surface area contributed by atoms with Gasteiger partial charge in [-0.05, 0) is 37.0 Å². The van der Waals surface area contributed by atoms with Crippen LogP contribution in [0, 0.1) is 23.2 Å². The first-order valence-corrected chi connectivity index (χ1v) is 6.59. The highest BCUT2D eigenvalue weighted by molar-refractivity contribution is 5.80. The van der Waals surface area contributed by atoms with Crippen molar-refractivity contribution in [3.8, 4) is 6.07 Å². The third-order valence-corrected chi connectivity index (χ3v) is 3.68. The Labute approximate surface area is 117 Å². The molecule has 0 radical (unpaired) electrons. The molecule has 1 aromatic rings. The van der Waals surface area contributed by atoms with Gasteiger partial charge in [-0.15, -0.1) is 0 Å². The average Bonchev–Trinajstić information content (AvgIpc) is 2.95. The Morgan fingerprint density at radius 3 is 2.75 bits per heavy atom. The predicted octanol–water partition coefficient (Wildman–Crippen LogP) is 1.68. The summed E-state index contributed by atoms with van der Waals surface area (Å²) >= 11 is 0. The lowest BCUT2D eigenvalue weighted by atomic mass is 10.0. The van der Waals surface area contributed by atoms with Crippen LogP contribution in [-0.2, 0) is 16.1 Å². The summed E-state index contributed by atoms with van der Waals surface area (Å²) < 4.78 is 0. The first-order chi connectivity index (χ1) is 9.60. The van der Waals surface area contributed by atoms with Crippen LogP contribution in [0.25, 0.3) is 0 Å². The SMILES string of the molecule is N#Cc1cccc(CNC(=O)[C@@H]2CC[C@H](C(=O)O)C2)c1. The van der Waals surface area contributed by atoms with Crippen molar-refractivity contribution in [1.29, 1.82) is 5.26 Å². The molecule has 2 rings (SSSR count). The van der Waals surface area contributed by atoms with Gasteiger partial charge in [0, 0.05) is 12.5 Å². The van der Waals surface area contributed by atoms with Crippen molar-refractivity contribution in [2.45, 2.75) is 25.8 Å². The smallest absolute Gasteiger partial charge is 0.306 e. The highest BCUT2D eigenvalue weighted by atomic mass is 16.4. The van der Waals surface area contributed by atoms with Gasteiger partial charge in [-0.1, -0.05) is 12.1 Å². The van der Waals surface area contributed by atoms with Crippen LogP contribution in [0.3, 0.4) is 0 Å². The Morgan fingerprint density at radius 1 is 1.35 bits per heavy atom. The van der Waals surface area contributed by atoms with E-state index in [9.17, 15) is 9.59 Å². The van der Waals surface area contributed by atoms with Crippen molar-refractivity contribution in [3.05, 3.63) is 35.4 Å². The number of hydrogen-bond donors (Lipinski definition) is 2. The fourth-order valence-electron chi connectivity index (χ4n) is 2.53. The van der Waals surface area contributed by atoms with E-state index >= 15 is 0 Å². The van der Waals surface area contributed by atoms with Crippen molar-refractivity contribution in [2.75, 3.05) is 0 Å². The summed E-state index contributed by atoms with van der Waals surface area (Å²) in [6.07, 6.45) is 1.61. The quantitative estimate of drug-likeness (QED) is 0.872. The summed E-state index contributed by atoms with van der Waals surface area (Å²) in [7, 11) is 0. The van der Waals surface area contributed by atoms with Crippen LogP contribution in [0.5, 0.6) is 0 Å². The van der Waals surface area contributed by atoms with E-state index in [4.69, 9.17) is 10.4 Å². The molecule has 104 valence electrons. The van der Waals surface area contributed by atoms with Crippen LogP contribution in [0.1, 0.15) is 30.4 Å². The molecule has 5 nitrogen and oxygen atoms in total. The lowest BCUT2D eigenvalue weighted by Gasteiger charge is -2.11. The molecule has 1 fully saturated rings. The first-order valence-electron chi connectivity index (χ1n) is 6.59. The van der Waals surface area contributed by atoms with E-state index in [1.165, 1.54) is 0 Å². The molecule has 1 amide bonds. The Bertz CT molecular complexity index is 562. The molecule has 0 bridgehead atoms. The summed E-state index contributed by atoms with van der Waals surface area (Å²) in [5, 5.41) is 20.5. The molecule has 0 aromatic heterocycles. The van der Waals surface area contributed by atoms with E-state index in [1.54, 1.807) is 18.2 Å². The van der Waals surface area contributed by atoms with Crippen molar-refractivity contribution < 1.29 is 14.7 Å². The fourth-order valence-corrected chi connectivity index (χ4v) is 2.53. The third-order valence-electron chi connectivity index (χ3n) is 3.68. The molecule has 0 heterocycles. The topological polar surface area (TPSA) is 90.2 Å². The summed E-state index contributed by atoms with van der Waals surface area (Å²) in [5.74, 6) is -1.53. The van der Waals surface area contributed by atoms with Crippen LogP contribution in [0.4, 0.5) is 0 Å². The molecule has 2 N–H and O–H groups in total. The molecule has 5 heteroatoms. The zero-order valence-corrected chi connectivity index (χ0v) is 11.0. The minimum atomic E-state index is -0.818. The number of carboxylic acids is 1. The van der Waals surface area contributed by atoms with Gasteiger partial charge in [0.1, 0.15) is 0 Å². The largest absolute Gasteiger partial charge is 0.481 e. The predicted molar refractivity (Wildman–Crippen MR) is 71.5 cm³/mol. The van der Waals surface area contributed by atoms with Crippen molar-refractivity contribution in [2.24, 2.45) is 11.8 Å². The van der Waals surface area contributed by atoms with Crippen molar-refractivity contribution in [1.82, 2.24) is 5.32 Å². The number of nitrogens with one attached hydrogen (secondary N) is 1. The number of hydrogen-bond acceptors (Lipinski definition) is 3. The second kappa shape index (κ2) is 6.20. The molecule has 1 aliphatic carbocycles. The molecule has 0 spiro atoms. The van der Waals surface area contributed by atoms with Gasteiger partial charge >= 0.3 is 5.97 Å². The summed E-state index contributed by atoms with van der Waals surface area (Å²) in [5.41, 5.74) is 1.42. The number of benzene rings is 1. The van der Waals surface area contributed by atoms with Gasteiger partial charge in [-0.25, -0.2) is 0 Å². The van der Waals surface area contributed by atoms with Gasteiger partial charge in [0.2, 0.25) is 5.91 Å². The Morgan fingerprint density at radius 2 is 2.10 bits per heavy atom. The number of carbonyl (C=O) groups is 2. The van der Waals surface area contributed by atoms with Crippen LogP contribution >= 0.6 is 0 Å². The van der Waals surface area contributed by atoms with Gasteiger partial charge in [0.05, 0.1) is 17.6 Å². The molecule has 0 unspecified atom stereocenters. The molecule has 20 heavy (non-hydrogen) atoms. The number of aliphatic carboxylic acids is 1. The van der Waals surface area contributed by atoms with Crippen LogP contribution in [0.2, 0.25) is 0 Å². The zero-order chi connectivity index (χ0) is 14.5. The van der Waals surface area contributed by atoms with Gasteiger partial charge < -0.3 is 10.4 Å². The molecular formula is C15H16N2O3. The highest BCUT2D eigenvalue weighted by Crippen LogP contribution is 2.31. The number of amides is 1. The summed E-state index contributed by atoms with van der Waals surface area (Å²) in [6.45, 7) is 0.364. The molecular weight excluding hydrogens is 256 g/mol. The van der Waals surface area contributed by atoms with Crippen LogP contribution < -0.4 is 5.32 Å². The highest BCUT2D eigenvalue weighted by Gasteiger charge is 2.33. The fraction of sp³-hybridized carbons (Fsp3) is 0.400. The Balaban J connectivity index is 1.87. The normalized spacial score (nSPS) is 21.1. The van der Waals surface area contributed by atoms with E-state index in [1.807, 2.05) is 6.07 Å². The third kappa shape index (κ3) is 3.35. The van der Waals surface area contributed by atoms with Gasteiger partial charge in [0.25, 0.3) is 0 Å². The lowest BCUT2D eigenvalue weighted by molar-refractivity contribution is -0.141. The molecule has 2 atom stereocenters. The maximum atomic E-state index is 12.0. The molecule has 1 aliphatic rings. The van der Waals surface area contributed by atoms with E-state index in [0.717, 1.165) is 5.56 Å². The van der Waals surface area contributed by atoms with E-state index in [0.29, 0.717) is 31.4 Å². The number of nitriles is 1. The zero-order valence-electron chi connectivity index (χ0n) is 11.0. The number of carbonyl (C=O) groups excluding carboxylic acids is 1. The maximum Gasteiger partial charge on any atom is 0.306 e. The molecule has 1 aromatic carbocycles. The van der Waals surface area contributed by atoms with E-state index < -0.39 is 11.9 Å². The number of nitrogens with zero attached hydrogens (tertiary/aromatic N) is 1. The summed E-state index contributed by atoms with van der Waals surface area (Å²) in [6, 6.07) is 9.11. The van der Waals surface area contributed by atoms with Crippen LogP contribution in [-0.4, -0.2) is 17.0 Å². The summed E-state index contributed by atoms with van der Waals surface area (Å²) in [4.78, 5) is 22.8. The van der Waals surface area contributed by atoms with Crippen LogP contribution in [0.15, 0.2) is 24.3 Å². The molecule has 0 aliphatic heterocycles. The van der Waals surface area contributed by atoms with Gasteiger partial charge in [0.15, 0.2) is 0 Å². The Kier molecular flexibility index (Phi) is 4.36. The Hall–Kier alpha value is -2.35. The number of rotatable bonds is 4. The first kappa shape index (κ1) is 14.1. The second-order valence-corrected chi connectivity index (χ2v) is 5.08. The van der Waals surface area contributed by atoms with E-state index in [-0.39, 0.29) is 11.8 Å². The van der Waals surface area contributed by atoms with E-state index in [2.05, 4.69) is 11.4 Å². The van der Waals surface area contributed by atoms with Gasteiger partial charge in [-0.3, -0.25) is 9.59 Å². The minimum Gasteiger partial charge on any atom is -0.481 e. The monoisotopic (exact) mass is 272 g/mol. The molecule has 0 saturated heterocycles. The average molecular weight is 272 g/mol. The van der Waals surface area contributed by atoms with Crippen molar-refractivity contribution in [3.63, 3.8) is 0 Å². The molecule has 1 saturated carbocycles. The lowest BCUT2D eigenvalue weighted by Crippen LogP contribution is -2.29. The van der Waals surface area contributed by atoms with Crippen molar-refractivity contribution >= 4 is 11.9 Å². The number of carboxylic acid groups (broad SMARTS) is 1. The standard InChI is InChI=1S/C15H16N2O3/c16-8-10-2-1-3-11(6-10)9-17-14(18)12-4-5-13(7-12)15(19)20/h1-3,6,12-13H,4-5,7,9H2,(H,17,18)(H,19,20)/t12-,13+/m1/s1. The maximum absolute atomic E-state index is 12.0. The van der Waals surface area contributed by atoms with Gasteiger partial charge in [-0.2, -0.15) is 5.26 Å². The second-order valence-electron chi connectivity index (χ2n) is 5.08.